The number of nitrogens with one attached hydrogen (secondary N) is 2. The van der Waals surface area contributed by atoms with Gasteiger partial charge in [0.25, 0.3) is 5.91 Å². The van der Waals surface area contributed by atoms with Crippen LogP contribution in [0.5, 0.6) is 0 Å². The number of fused-ring (bicyclic) bond motifs is 2. The zero-order valence-corrected chi connectivity index (χ0v) is 22.4. The maximum atomic E-state index is 14.0. The van der Waals surface area contributed by atoms with E-state index in [0.717, 1.165) is 15.9 Å². The van der Waals surface area contributed by atoms with Crippen molar-refractivity contribution in [1.82, 2.24) is 24.8 Å². The number of carbonyl (C=O) groups excluding carboxylic acids is 4. The molecule has 212 valence electrons. The van der Waals surface area contributed by atoms with Crippen LogP contribution in [-0.4, -0.2) is 101 Å². The molecule has 0 spiro atoms. The summed E-state index contributed by atoms with van der Waals surface area (Å²) in [6.45, 7) is -0.377. The molecule has 14 heteroatoms. The lowest BCUT2D eigenvalue weighted by Crippen LogP contribution is -2.68. The van der Waals surface area contributed by atoms with Gasteiger partial charge in [-0.3, -0.25) is 24.2 Å². The Morgan fingerprint density at radius 3 is 2.55 bits per heavy atom. The van der Waals surface area contributed by atoms with Crippen LogP contribution in [0.4, 0.5) is 0 Å². The molecule has 3 N–H and O–H groups in total. The molecule has 2 saturated heterocycles. The van der Waals surface area contributed by atoms with Gasteiger partial charge in [0.1, 0.15) is 23.8 Å². The number of pyridine rings is 1. The average Bonchev–Trinajstić information content (AvgIpc) is 3.23. The summed E-state index contributed by atoms with van der Waals surface area (Å²) in [5, 5.41) is 16.7. The Hall–Kier alpha value is -3.88. The highest BCUT2D eigenvalue weighted by Gasteiger charge is 2.47. The van der Waals surface area contributed by atoms with Gasteiger partial charge in [0.2, 0.25) is 28.1 Å². The summed E-state index contributed by atoms with van der Waals surface area (Å²) in [5.74, 6) is -2.58. The van der Waals surface area contributed by atoms with Gasteiger partial charge in [0.05, 0.1) is 12.7 Å². The summed E-state index contributed by atoms with van der Waals surface area (Å²) in [5.41, 5.74) is 0.143. The van der Waals surface area contributed by atoms with E-state index < -0.39 is 64.2 Å². The Labute approximate surface area is 230 Å². The fourth-order valence-corrected chi connectivity index (χ4v) is 6.15. The first-order chi connectivity index (χ1) is 19.0. The van der Waals surface area contributed by atoms with Gasteiger partial charge >= 0.3 is 5.97 Å². The molecule has 3 amide bonds. The van der Waals surface area contributed by atoms with Crippen LogP contribution in [0.3, 0.4) is 0 Å². The lowest BCUT2D eigenvalue weighted by atomic mass is 9.97. The first-order valence-electron chi connectivity index (χ1n) is 12.8. The molecule has 0 bridgehead atoms. The topological polar surface area (TPSA) is 175 Å². The minimum absolute atomic E-state index is 0.0438. The van der Waals surface area contributed by atoms with Crippen molar-refractivity contribution >= 4 is 44.5 Å². The number of esters is 1. The third-order valence-electron chi connectivity index (χ3n) is 7.30. The van der Waals surface area contributed by atoms with E-state index in [1.165, 1.54) is 11.1 Å². The highest BCUT2D eigenvalue weighted by molar-refractivity contribution is 7.88. The van der Waals surface area contributed by atoms with Gasteiger partial charge in [0.15, 0.2) is 0 Å². The number of aromatic nitrogens is 1. The number of cyclic esters (lactones) is 1. The van der Waals surface area contributed by atoms with Gasteiger partial charge in [0, 0.05) is 30.7 Å². The number of piperazine rings is 1. The van der Waals surface area contributed by atoms with E-state index in [2.05, 4.69) is 20.4 Å². The number of nitrogens with zero attached hydrogens (tertiary/aromatic N) is 3. The third kappa shape index (κ3) is 5.55. The normalized spacial score (nSPS) is 27.4. The van der Waals surface area contributed by atoms with E-state index >= 15 is 0 Å². The smallest absolute Gasteiger partial charge is 0.310 e. The molecule has 5 rings (SSSR count). The molecule has 13 nitrogen and oxygen atoms in total. The maximum absolute atomic E-state index is 14.0. The van der Waals surface area contributed by atoms with E-state index in [-0.39, 0.29) is 38.0 Å². The van der Waals surface area contributed by atoms with Gasteiger partial charge in [-0.25, -0.2) is 8.42 Å². The minimum Gasteiger partial charge on any atom is -0.434 e. The van der Waals surface area contributed by atoms with Crippen molar-refractivity contribution in [3.05, 3.63) is 54.4 Å². The van der Waals surface area contributed by atoms with Crippen molar-refractivity contribution in [2.45, 2.75) is 49.7 Å². The molecule has 2 unspecified atom stereocenters. The Bertz CT molecular complexity index is 1490. The molecule has 5 atom stereocenters. The highest BCUT2D eigenvalue weighted by Crippen LogP contribution is 2.26. The van der Waals surface area contributed by atoms with E-state index in [1.54, 1.807) is 30.4 Å². The number of rotatable bonds is 5. The van der Waals surface area contributed by atoms with Crippen molar-refractivity contribution in [3.8, 4) is 0 Å². The van der Waals surface area contributed by atoms with Gasteiger partial charge in [-0.2, -0.15) is 4.31 Å². The number of aliphatic hydroxyl groups is 1. The third-order valence-corrected chi connectivity index (χ3v) is 8.53. The lowest BCUT2D eigenvalue weighted by Gasteiger charge is -2.46. The van der Waals surface area contributed by atoms with Crippen LogP contribution in [0.2, 0.25) is 0 Å². The number of amides is 3. The van der Waals surface area contributed by atoms with Crippen molar-refractivity contribution < 1.29 is 37.4 Å². The summed E-state index contributed by atoms with van der Waals surface area (Å²) in [4.78, 5) is 57.8. The fourth-order valence-electron chi connectivity index (χ4n) is 5.30. The minimum atomic E-state index is -3.73. The van der Waals surface area contributed by atoms with Gasteiger partial charge < -0.3 is 25.4 Å². The molecule has 4 heterocycles. The second-order valence-corrected chi connectivity index (χ2v) is 12.0. The summed E-state index contributed by atoms with van der Waals surface area (Å²) in [7, 11) is -3.73. The summed E-state index contributed by atoms with van der Waals surface area (Å²) in [6.07, 6.45) is 4.64. The summed E-state index contributed by atoms with van der Waals surface area (Å²) < 4.78 is 30.8. The van der Waals surface area contributed by atoms with Gasteiger partial charge in [-0.15, -0.1) is 0 Å². The predicted octanol–water partition coefficient (Wildman–Crippen LogP) is -0.726. The Balaban J connectivity index is 1.44. The van der Waals surface area contributed by atoms with E-state index in [1.807, 2.05) is 12.1 Å². The maximum Gasteiger partial charge on any atom is 0.310 e. The van der Waals surface area contributed by atoms with Crippen molar-refractivity contribution in [3.63, 3.8) is 0 Å². The number of hydrogen-bond donors (Lipinski definition) is 3. The molecule has 0 aliphatic carbocycles. The van der Waals surface area contributed by atoms with Gasteiger partial charge in [-0.1, -0.05) is 36.4 Å². The number of benzene rings is 1. The van der Waals surface area contributed by atoms with Crippen LogP contribution in [0.15, 0.2) is 48.7 Å². The molecule has 3 aliphatic rings. The number of ether oxygens (including phenoxy) is 1. The molecular formula is C26H29N5O8S. The van der Waals surface area contributed by atoms with Crippen LogP contribution in [0, 0.1) is 0 Å². The molecule has 2 aromatic rings. The Morgan fingerprint density at radius 2 is 1.82 bits per heavy atom. The zero-order valence-electron chi connectivity index (χ0n) is 21.6. The average molecular weight is 572 g/mol. The molecule has 40 heavy (non-hydrogen) atoms. The van der Waals surface area contributed by atoms with Crippen LogP contribution < -0.4 is 10.6 Å². The molecule has 0 saturated carbocycles. The van der Waals surface area contributed by atoms with E-state index in [9.17, 15) is 32.7 Å². The SMILES string of the molecule is CS(=O)(=O)N1C[C@@H]2CC=CC[C@H](NC(=O)c3nccc4ccccc34)C(=O)N2[C@H](C(=O)NC2CC(=O)OC2O)C1. The number of aliphatic hydroxyl groups excluding tert-OH is 1. The van der Waals surface area contributed by atoms with E-state index in [4.69, 9.17) is 0 Å². The van der Waals surface area contributed by atoms with E-state index in [0.29, 0.717) is 5.39 Å². The molecule has 1 aromatic heterocycles. The van der Waals surface area contributed by atoms with Crippen molar-refractivity contribution in [2.24, 2.45) is 0 Å². The van der Waals surface area contributed by atoms with Crippen molar-refractivity contribution in [2.75, 3.05) is 19.3 Å². The Kier molecular flexibility index (Phi) is 7.57. The second-order valence-electron chi connectivity index (χ2n) is 10.0. The number of sulfonamides is 1. The highest BCUT2D eigenvalue weighted by atomic mass is 32.2. The molecule has 2 fully saturated rings. The van der Waals surface area contributed by atoms with Crippen LogP contribution >= 0.6 is 0 Å². The first-order valence-corrected chi connectivity index (χ1v) is 14.6. The largest absolute Gasteiger partial charge is 0.434 e. The molecule has 3 aliphatic heterocycles. The molecule has 0 radical (unpaired) electrons. The molecular weight excluding hydrogens is 542 g/mol. The van der Waals surface area contributed by atoms with Crippen LogP contribution in [0.25, 0.3) is 10.8 Å². The summed E-state index contributed by atoms with van der Waals surface area (Å²) in [6, 6.07) is 4.87. The lowest BCUT2D eigenvalue weighted by molar-refractivity contribution is -0.156. The quantitative estimate of drug-likeness (QED) is 0.309. The number of hydrogen-bond acceptors (Lipinski definition) is 9. The second kappa shape index (κ2) is 10.9. The van der Waals surface area contributed by atoms with Gasteiger partial charge in [-0.05, 0) is 24.3 Å². The first kappa shape index (κ1) is 27.7. The standard InChI is InChI=1S/C26H29N5O8S/c1-40(37,38)30-13-16-7-3-5-9-18(28-24(34)22-17-8-4-2-6-15(17)10-11-27-22)25(35)31(16)20(14-30)23(33)29-19-12-21(32)39-26(19)36/h2-6,8,10-11,16,18-20,26,36H,7,9,12-14H2,1H3,(H,28,34)(H,29,33)/t16-,18-,19?,20-,26?/m0/s1. The fraction of sp³-hybridized carbons (Fsp3) is 0.423. The zero-order chi connectivity index (χ0) is 28.6. The van der Waals surface area contributed by atoms with Crippen LogP contribution in [-0.2, 0) is 29.1 Å². The van der Waals surface area contributed by atoms with Crippen LogP contribution in [0.1, 0.15) is 29.8 Å². The number of carbonyl (C=O) groups is 4. The monoisotopic (exact) mass is 571 g/mol. The van der Waals surface area contributed by atoms with Crippen molar-refractivity contribution in [1.29, 1.82) is 0 Å². The summed E-state index contributed by atoms with van der Waals surface area (Å²) >= 11 is 0. The molecule has 1 aromatic carbocycles. The Morgan fingerprint density at radius 1 is 1.07 bits per heavy atom. The predicted molar refractivity (Wildman–Crippen MR) is 141 cm³/mol.